The van der Waals surface area contributed by atoms with Crippen molar-refractivity contribution in [3.63, 3.8) is 0 Å². The molecule has 2 aromatic rings. The molecular weight excluding hydrogens is 349 g/mol. The summed E-state index contributed by atoms with van der Waals surface area (Å²) >= 11 is 0. The van der Waals surface area contributed by atoms with Gasteiger partial charge in [-0.2, -0.15) is 0 Å². The number of nitrogens with one attached hydrogen (secondary N) is 3. The van der Waals surface area contributed by atoms with Crippen molar-refractivity contribution in [1.82, 2.24) is 5.32 Å². The Labute approximate surface area is 157 Å². The first-order chi connectivity index (χ1) is 12.8. The van der Waals surface area contributed by atoms with Crippen molar-refractivity contribution in [3.05, 3.63) is 59.9 Å². The monoisotopic (exact) mass is 371 g/mol. The maximum absolute atomic E-state index is 13.0. The third-order valence-corrected chi connectivity index (χ3v) is 3.81. The van der Waals surface area contributed by atoms with E-state index >= 15 is 0 Å². The van der Waals surface area contributed by atoms with Crippen molar-refractivity contribution in [2.45, 2.75) is 26.8 Å². The standard InChI is InChI=1S/C20H22FN3O3/c1-12(2)18(24-19(26)14-4-6-15(21)7-5-14)20(27)23-17-10-8-16(9-11-17)22-13(3)25/h4-12,18H,1-3H3,(H,22,25)(H,23,27)(H,24,26). The summed E-state index contributed by atoms with van der Waals surface area (Å²) < 4.78 is 13.0. The summed E-state index contributed by atoms with van der Waals surface area (Å²) in [4.78, 5) is 35.9. The van der Waals surface area contributed by atoms with E-state index in [1.807, 2.05) is 13.8 Å². The molecule has 0 aliphatic carbocycles. The molecule has 1 unspecified atom stereocenters. The summed E-state index contributed by atoms with van der Waals surface area (Å²) in [5, 5.41) is 8.06. The number of anilines is 2. The second-order valence-electron chi connectivity index (χ2n) is 6.45. The highest BCUT2D eigenvalue weighted by Gasteiger charge is 2.24. The van der Waals surface area contributed by atoms with Gasteiger partial charge in [0.05, 0.1) is 0 Å². The van der Waals surface area contributed by atoms with Crippen molar-refractivity contribution in [1.29, 1.82) is 0 Å². The molecule has 3 N–H and O–H groups in total. The van der Waals surface area contributed by atoms with Crippen LogP contribution in [0.3, 0.4) is 0 Å². The van der Waals surface area contributed by atoms with E-state index in [1.165, 1.54) is 31.2 Å². The molecule has 0 bridgehead atoms. The maximum atomic E-state index is 13.0. The number of carbonyl (C=O) groups is 3. The van der Waals surface area contributed by atoms with Crippen LogP contribution in [0.5, 0.6) is 0 Å². The SMILES string of the molecule is CC(=O)Nc1ccc(NC(=O)C(NC(=O)c2ccc(F)cc2)C(C)C)cc1. The lowest BCUT2D eigenvalue weighted by Gasteiger charge is -2.22. The zero-order chi connectivity index (χ0) is 20.0. The van der Waals surface area contributed by atoms with Crippen LogP contribution in [0.2, 0.25) is 0 Å². The Bertz CT molecular complexity index is 817. The highest BCUT2D eigenvalue weighted by Crippen LogP contribution is 2.15. The van der Waals surface area contributed by atoms with Gasteiger partial charge in [0.25, 0.3) is 5.91 Å². The zero-order valence-corrected chi connectivity index (χ0v) is 15.4. The first-order valence-corrected chi connectivity index (χ1v) is 8.51. The highest BCUT2D eigenvalue weighted by atomic mass is 19.1. The van der Waals surface area contributed by atoms with Gasteiger partial charge in [-0.1, -0.05) is 13.8 Å². The molecule has 0 saturated carbocycles. The van der Waals surface area contributed by atoms with Crippen LogP contribution in [0.4, 0.5) is 15.8 Å². The molecule has 0 aliphatic heterocycles. The van der Waals surface area contributed by atoms with Crippen LogP contribution in [0.25, 0.3) is 0 Å². The van der Waals surface area contributed by atoms with Gasteiger partial charge in [-0.3, -0.25) is 14.4 Å². The van der Waals surface area contributed by atoms with Gasteiger partial charge in [-0.15, -0.1) is 0 Å². The van der Waals surface area contributed by atoms with Gasteiger partial charge in [-0.05, 0) is 54.4 Å². The molecule has 0 fully saturated rings. The van der Waals surface area contributed by atoms with Crippen molar-refractivity contribution in [2.24, 2.45) is 5.92 Å². The molecule has 0 heterocycles. The predicted molar refractivity (Wildman–Crippen MR) is 102 cm³/mol. The number of hydrogen-bond acceptors (Lipinski definition) is 3. The second kappa shape index (κ2) is 8.93. The number of rotatable bonds is 6. The Balaban J connectivity index is 2.04. The number of benzene rings is 2. The lowest BCUT2D eigenvalue weighted by Crippen LogP contribution is -2.47. The Morgan fingerprint density at radius 3 is 1.85 bits per heavy atom. The Kier molecular flexibility index (Phi) is 6.65. The fourth-order valence-corrected chi connectivity index (χ4v) is 2.42. The van der Waals surface area contributed by atoms with E-state index in [-0.39, 0.29) is 23.3 Å². The van der Waals surface area contributed by atoms with Crippen LogP contribution in [-0.4, -0.2) is 23.8 Å². The Morgan fingerprint density at radius 1 is 0.852 bits per heavy atom. The number of amides is 3. The molecule has 0 aromatic heterocycles. The van der Waals surface area contributed by atoms with E-state index in [1.54, 1.807) is 24.3 Å². The van der Waals surface area contributed by atoms with Crippen LogP contribution in [0.1, 0.15) is 31.1 Å². The second-order valence-corrected chi connectivity index (χ2v) is 6.45. The number of carbonyl (C=O) groups excluding carboxylic acids is 3. The molecule has 3 amide bonds. The van der Waals surface area contributed by atoms with Crippen molar-refractivity contribution in [3.8, 4) is 0 Å². The van der Waals surface area contributed by atoms with E-state index in [0.717, 1.165) is 0 Å². The lowest BCUT2D eigenvalue weighted by molar-refractivity contribution is -0.119. The molecule has 27 heavy (non-hydrogen) atoms. The quantitative estimate of drug-likeness (QED) is 0.729. The Hall–Kier alpha value is -3.22. The summed E-state index contributed by atoms with van der Waals surface area (Å²) in [5.41, 5.74) is 1.43. The molecule has 0 saturated heterocycles. The smallest absolute Gasteiger partial charge is 0.251 e. The van der Waals surface area contributed by atoms with E-state index in [9.17, 15) is 18.8 Å². The molecular formula is C20H22FN3O3. The van der Waals surface area contributed by atoms with Crippen LogP contribution < -0.4 is 16.0 Å². The predicted octanol–water partition coefficient (Wildman–Crippen LogP) is 3.18. The first kappa shape index (κ1) is 20.1. The van der Waals surface area contributed by atoms with Gasteiger partial charge in [0, 0.05) is 23.9 Å². The van der Waals surface area contributed by atoms with E-state index in [4.69, 9.17) is 0 Å². The van der Waals surface area contributed by atoms with Gasteiger partial charge < -0.3 is 16.0 Å². The van der Waals surface area contributed by atoms with Crippen molar-refractivity contribution >= 4 is 29.1 Å². The van der Waals surface area contributed by atoms with Crippen molar-refractivity contribution < 1.29 is 18.8 Å². The van der Waals surface area contributed by atoms with Gasteiger partial charge >= 0.3 is 0 Å². The van der Waals surface area contributed by atoms with Gasteiger partial charge in [0.15, 0.2) is 0 Å². The summed E-state index contributed by atoms with van der Waals surface area (Å²) in [6.07, 6.45) is 0. The Morgan fingerprint density at radius 2 is 1.37 bits per heavy atom. The topological polar surface area (TPSA) is 87.3 Å². The van der Waals surface area contributed by atoms with Gasteiger partial charge in [-0.25, -0.2) is 4.39 Å². The molecule has 2 aromatic carbocycles. The largest absolute Gasteiger partial charge is 0.340 e. The maximum Gasteiger partial charge on any atom is 0.251 e. The van der Waals surface area contributed by atoms with Crippen LogP contribution in [0.15, 0.2) is 48.5 Å². The van der Waals surface area contributed by atoms with Crippen LogP contribution in [-0.2, 0) is 9.59 Å². The molecule has 6 nitrogen and oxygen atoms in total. The molecule has 0 radical (unpaired) electrons. The van der Waals surface area contributed by atoms with E-state index in [0.29, 0.717) is 11.4 Å². The molecule has 142 valence electrons. The number of hydrogen-bond donors (Lipinski definition) is 3. The minimum absolute atomic E-state index is 0.159. The number of halogens is 1. The summed E-state index contributed by atoms with van der Waals surface area (Å²) in [6, 6.07) is 11.0. The summed E-state index contributed by atoms with van der Waals surface area (Å²) in [6.45, 7) is 5.04. The average Bonchev–Trinajstić information content (AvgIpc) is 2.61. The zero-order valence-electron chi connectivity index (χ0n) is 15.4. The molecule has 0 spiro atoms. The first-order valence-electron chi connectivity index (χ1n) is 8.51. The molecule has 0 aliphatic rings. The summed E-state index contributed by atoms with van der Waals surface area (Å²) in [5.74, 6) is -1.60. The molecule has 7 heteroatoms. The molecule has 2 rings (SSSR count). The lowest BCUT2D eigenvalue weighted by atomic mass is 10.0. The van der Waals surface area contributed by atoms with Gasteiger partial charge in [0.2, 0.25) is 11.8 Å². The van der Waals surface area contributed by atoms with E-state index in [2.05, 4.69) is 16.0 Å². The van der Waals surface area contributed by atoms with Crippen LogP contribution in [0, 0.1) is 11.7 Å². The third-order valence-electron chi connectivity index (χ3n) is 3.81. The summed E-state index contributed by atoms with van der Waals surface area (Å²) in [7, 11) is 0. The van der Waals surface area contributed by atoms with Crippen LogP contribution >= 0.6 is 0 Å². The van der Waals surface area contributed by atoms with E-state index < -0.39 is 17.8 Å². The third kappa shape index (κ3) is 5.91. The van der Waals surface area contributed by atoms with Gasteiger partial charge in [0.1, 0.15) is 11.9 Å². The minimum atomic E-state index is -0.766. The fraction of sp³-hybridized carbons (Fsp3) is 0.250. The normalized spacial score (nSPS) is 11.6. The fourth-order valence-electron chi connectivity index (χ4n) is 2.42. The average molecular weight is 371 g/mol. The van der Waals surface area contributed by atoms with Crippen molar-refractivity contribution in [2.75, 3.05) is 10.6 Å². The molecule has 1 atom stereocenters. The highest BCUT2D eigenvalue weighted by molar-refractivity contribution is 6.01. The minimum Gasteiger partial charge on any atom is -0.340 e.